The average molecular weight is 269 g/mol. The Morgan fingerprint density at radius 3 is 2.67 bits per heavy atom. The van der Waals surface area contributed by atoms with Gasteiger partial charge in [0.25, 0.3) is 0 Å². The van der Waals surface area contributed by atoms with E-state index in [0.717, 1.165) is 37.5 Å². The molecule has 0 aliphatic carbocycles. The molecular weight excluding hydrogens is 248 g/mol. The molecule has 3 nitrogen and oxygen atoms in total. The van der Waals surface area contributed by atoms with Crippen LogP contribution in [0.4, 0.5) is 5.69 Å². The highest BCUT2D eigenvalue weighted by atomic mass is 35.5. The van der Waals surface area contributed by atoms with Gasteiger partial charge in [-0.3, -0.25) is 0 Å². The molecule has 0 spiro atoms. The van der Waals surface area contributed by atoms with Crippen molar-refractivity contribution in [2.24, 2.45) is 0 Å². The van der Waals surface area contributed by atoms with Crippen molar-refractivity contribution in [3.8, 4) is 0 Å². The van der Waals surface area contributed by atoms with Crippen LogP contribution in [0.15, 0.2) is 18.2 Å². The van der Waals surface area contributed by atoms with Crippen molar-refractivity contribution in [3.63, 3.8) is 0 Å². The molecule has 0 radical (unpaired) electrons. The first-order chi connectivity index (χ1) is 8.52. The van der Waals surface area contributed by atoms with Gasteiger partial charge in [-0.05, 0) is 44.5 Å². The maximum Gasteiger partial charge on any atom is 0.0653 e. The van der Waals surface area contributed by atoms with Gasteiger partial charge in [0.05, 0.1) is 5.60 Å². The third-order valence-electron chi connectivity index (χ3n) is 3.60. The molecule has 1 aliphatic rings. The number of nitrogens with zero attached hydrogens (tertiary/aromatic N) is 1. The van der Waals surface area contributed by atoms with Crippen LogP contribution < -0.4 is 10.2 Å². The number of hydrogen-bond acceptors (Lipinski definition) is 3. The molecule has 1 aromatic carbocycles. The lowest BCUT2D eigenvalue weighted by molar-refractivity contribution is 0.0351. The van der Waals surface area contributed by atoms with E-state index in [9.17, 15) is 5.11 Å². The van der Waals surface area contributed by atoms with E-state index in [0.29, 0.717) is 0 Å². The van der Waals surface area contributed by atoms with Crippen LogP contribution in [-0.4, -0.2) is 30.8 Å². The second-order valence-electron chi connectivity index (χ2n) is 5.29. The van der Waals surface area contributed by atoms with Crippen LogP contribution in [0.2, 0.25) is 5.02 Å². The van der Waals surface area contributed by atoms with Gasteiger partial charge in [-0.25, -0.2) is 0 Å². The van der Waals surface area contributed by atoms with E-state index in [1.165, 1.54) is 11.3 Å². The molecule has 2 N–H and O–H groups in total. The fourth-order valence-corrected chi connectivity index (χ4v) is 2.57. The first kappa shape index (κ1) is 13.7. The van der Waals surface area contributed by atoms with Gasteiger partial charge in [0, 0.05) is 30.3 Å². The van der Waals surface area contributed by atoms with Crippen LogP contribution in [0.5, 0.6) is 0 Å². The third kappa shape index (κ3) is 3.16. The molecule has 18 heavy (non-hydrogen) atoms. The van der Waals surface area contributed by atoms with Crippen molar-refractivity contribution in [3.05, 3.63) is 28.8 Å². The first-order valence-electron chi connectivity index (χ1n) is 6.42. The molecule has 2 rings (SSSR count). The Kier molecular flexibility index (Phi) is 4.15. The lowest BCUT2D eigenvalue weighted by Gasteiger charge is -2.38. The standard InChI is InChI=1S/C14H21ClN2O/c1-14(18)5-7-17(8-6-14)13-9-12(15)4-3-11(13)10-16-2/h3-4,9,16,18H,5-8,10H2,1-2H3. The number of rotatable bonds is 3. The molecule has 0 saturated carbocycles. The summed E-state index contributed by atoms with van der Waals surface area (Å²) in [6.07, 6.45) is 1.61. The molecule has 0 atom stereocenters. The zero-order valence-corrected chi connectivity index (χ0v) is 11.8. The lowest BCUT2D eigenvalue weighted by Crippen LogP contribution is -2.42. The smallest absolute Gasteiger partial charge is 0.0653 e. The Balaban J connectivity index is 2.19. The predicted molar refractivity (Wildman–Crippen MR) is 76.3 cm³/mol. The number of anilines is 1. The van der Waals surface area contributed by atoms with E-state index in [4.69, 9.17) is 11.6 Å². The summed E-state index contributed by atoms with van der Waals surface area (Å²) in [7, 11) is 1.94. The fraction of sp³-hybridized carbons (Fsp3) is 0.571. The summed E-state index contributed by atoms with van der Waals surface area (Å²) in [4.78, 5) is 2.32. The molecule has 0 unspecified atom stereocenters. The molecule has 0 bridgehead atoms. The number of aliphatic hydroxyl groups is 1. The van der Waals surface area contributed by atoms with Gasteiger partial charge in [-0.1, -0.05) is 17.7 Å². The van der Waals surface area contributed by atoms with Gasteiger partial charge in [-0.15, -0.1) is 0 Å². The van der Waals surface area contributed by atoms with Crippen LogP contribution >= 0.6 is 11.6 Å². The van der Waals surface area contributed by atoms with Crippen LogP contribution in [0.25, 0.3) is 0 Å². The van der Waals surface area contributed by atoms with Gasteiger partial charge in [0.15, 0.2) is 0 Å². The topological polar surface area (TPSA) is 35.5 Å². The zero-order chi connectivity index (χ0) is 13.2. The summed E-state index contributed by atoms with van der Waals surface area (Å²) < 4.78 is 0. The van der Waals surface area contributed by atoms with Gasteiger partial charge in [0.1, 0.15) is 0 Å². The molecule has 0 aromatic heterocycles. The Morgan fingerprint density at radius 2 is 2.06 bits per heavy atom. The van der Waals surface area contributed by atoms with E-state index < -0.39 is 5.60 Å². The van der Waals surface area contributed by atoms with Crippen LogP contribution in [-0.2, 0) is 6.54 Å². The zero-order valence-electron chi connectivity index (χ0n) is 11.0. The molecule has 1 aliphatic heterocycles. The molecule has 4 heteroatoms. The van der Waals surface area contributed by atoms with Crippen molar-refractivity contribution >= 4 is 17.3 Å². The Bertz CT molecular complexity index is 410. The summed E-state index contributed by atoms with van der Waals surface area (Å²) in [6, 6.07) is 6.02. The van der Waals surface area contributed by atoms with E-state index in [1.54, 1.807) is 0 Å². The maximum atomic E-state index is 10.0. The van der Waals surface area contributed by atoms with Crippen molar-refractivity contribution in [1.29, 1.82) is 0 Å². The highest BCUT2D eigenvalue weighted by Crippen LogP contribution is 2.30. The second-order valence-corrected chi connectivity index (χ2v) is 5.72. The number of nitrogens with one attached hydrogen (secondary N) is 1. The van der Waals surface area contributed by atoms with Crippen LogP contribution in [0.3, 0.4) is 0 Å². The fourth-order valence-electron chi connectivity index (χ4n) is 2.40. The highest BCUT2D eigenvalue weighted by Gasteiger charge is 2.28. The number of piperidine rings is 1. The summed E-state index contributed by atoms with van der Waals surface area (Å²) in [6.45, 7) is 4.50. The first-order valence-corrected chi connectivity index (χ1v) is 6.80. The van der Waals surface area contributed by atoms with Crippen LogP contribution in [0, 0.1) is 0 Å². The molecule has 100 valence electrons. The highest BCUT2D eigenvalue weighted by molar-refractivity contribution is 6.30. The monoisotopic (exact) mass is 268 g/mol. The third-order valence-corrected chi connectivity index (χ3v) is 3.83. The SMILES string of the molecule is CNCc1ccc(Cl)cc1N1CCC(C)(O)CC1. The molecule has 1 fully saturated rings. The van der Waals surface area contributed by atoms with E-state index in [1.807, 2.05) is 26.1 Å². The van der Waals surface area contributed by atoms with Crippen molar-refractivity contribution < 1.29 is 5.11 Å². The van der Waals surface area contributed by atoms with Crippen molar-refractivity contribution in [2.45, 2.75) is 31.9 Å². The number of benzene rings is 1. The van der Waals surface area contributed by atoms with Gasteiger partial charge in [-0.2, -0.15) is 0 Å². The van der Waals surface area contributed by atoms with Gasteiger partial charge >= 0.3 is 0 Å². The summed E-state index contributed by atoms with van der Waals surface area (Å²) in [5.41, 5.74) is 1.92. The summed E-state index contributed by atoms with van der Waals surface area (Å²) in [5.74, 6) is 0. The molecule has 1 saturated heterocycles. The molecular formula is C14H21ClN2O. The Morgan fingerprint density at radius 1 is 1.39 bits per heavy atom. The second kappa shape index (κ2) is 5.47. The van der Waals surface area contributed by atoms with E-state index in [2.05, 4.69) is 16.3 Å². The normalized spacial score (nSPS) is 19.0. The summed E-state index contributed by atoms with van der Waals surface area (Å²) in [5, 5.41) is 13.9. The minimum absolute atomic E-state index is 0.516. The molecule has 1 aromatic rings. The Hall–Kier alpha value is -0.770. The van der Waals surface area contributed by atoms with E-state index in [-0.39, 0.29) is 0 Å². The maximum absolute atomic E-state index is 10.0. The lowest BCUT2D eigenvalue weighted by atomic mass is 9.93. The average Bonchev–Trinajstić information content (AvgIpc) is 2.32. The number of halogens is 1. The minimum Gasteiger partial charge on any atom is -0.390 e. The quantitative estimate of drug-likeness (QED) is 0.884. The molecule has 0 amide bonds. The minimum atomic E-state index is -0.516. The molecule has 1 heterocycles. The van der Waals surface area contributed by atoms with E-state index >= 15 is 0 Å². The Labute approximate surface area is 114 Å². The summed E-state index contributed by atoms with van der Waals surface area (Å²) >= 11 is 6.10. The van der Waals surface area contributed by atoms with Gasteiger partial charge < -0.3 is 15.3 Å². The largest absolute Gasteiger partial charge is 0.390 e. The predicted octanol–water partition coefficient (Wildman–Crippen LogP) is 2.41. The van der Waals surface area contributed by atoms with Crippen molar-refractivity contribution in [1.82, 2.24) is 5.32 Å². The van der Waals surface area contributed by atoms with Gasteiger partial charge in [0.2, 0.25) is 0 Å². The number of hydrogen-bond donors (Lipinski definition) is 2. The van der Waals surface area contributed by atoms with Crippen molar-refractivity contribution in [2.75, 3.05) is 25.0 Å². The van der Waals surface area contributed by atoms with Crippen LogP contribution in [0.1, 0.15) is 25.3 Å².